The topological polar surface area (TPSA) is 71.8 Å². The Kier molecular flexibility index (Phi) is 5.27. The molecule has 2 atom stereocenters. The van der Waals surface area contributed by atoms with Gasteiger partial charge in [-0.05, 0) is 36.8 Å². The van der Waals surface area contributed by atoms with Gasteiger partial charge in [-0.2, -0.15) is 18.3 Å². The van der Waals surface area contributed by atoms with Crippen molar-refractivity contribution in [3.05, 3.63) is 70.0 Å². The van der Waals surface area contributed by atoms with E-state index in [0.717, 1.165) is 14.7 Å². The second-order valence-corrected chi connectivity index (χ2v) is 7.93. The minimum absolute atomic E-state index is 0.119. The van der Waals surface area contributed by atoms with E-state index < -0.39 is 24.2 Å². The molecule has 2 aromatic heterocycles. The Hall–Kier alpha value is -2.88. The molecule has 1 aromatic carbocycles. The molecule has 0 aliphatic carbocycles. The van der Waals surface area contributed by atoms with Crippen molar-refractivity contribution in [2.24, 2.45) is 0 Å². The summed E-state index contributed by atoms with van der Waals surface area (Å²) >= 11 is 3.33. The molecule has 6 nitrogen and oxygen atoms in total. The number of anilines is 2. The first kappa shape index (κ1) is 20.4. The number of amides is 1. The summed E-state index contributed by atoms with van der Waals surface area (Å²) in [5.74, 6) is -0.184. The summed E-state index contributed by atoms with van der Waals surface area (Å²) in [5.41, 5.74) is 1.30. The molecular formula is C20H17BrF3N5O. The maximum Gasteiger partial charge on any atom is 0.410 e. The smallest absolute Gasteiger partial charge is 0.363 e. The predicted octanol–water partition coefficient (Wildman–Crippen LogP) is 5.26. The molecule has 1 amide bonds. The van der Waals surface area contributed by atoms with Crippen LogP contribution in [0.1, 0.15) is 40.3 Å². The zero-order chi connectivity index (χ0) is 21.5. The van der Waals surface area contributed by atoms with Crippen molar-refractivity contribution in [1.82, 2.24) is 14.8 Å². The van der Waals surface area contributed by atoms with Gasteiger partial charge in [-0.3, -0.25) is 4.79 Å². The van der Waals surface area contributed by atoms with Crippen LogP contribution in [0.2, 0.25) is 0 Å². The van der Waals surface area contributed by atoms with E-state index in [1.165, 1.54) is 6.07 Å². The van der Waals surface area contributed by atoms with Crippen LogP contribution < -0.4 is 10.6 Å². The monoisotopic (exact) mass is 479 g/mol. The van der Waals surface area contributed by atoms with E-state index in [1.54, 1.807) is 49.4 Å². The van der Waals surface area contributed by atoms with E-state index in [1.807, 2.05) is 0 Å². The standard InChI is InChI=1S/C20H17BrF3N5O/c1-11-3-2-4-17(25-11)27-19(30)15-10-18-26-14(12-5-7-13(21)8-6-12)9-16(20(22,23)24)29(18)28-15/h2-8,10,14,16,26H,9H2,1H3,(H,25,27,30)/t14-,16+/m1/s1. The number of carbonyl (C=O) groups is 1. The molecule has 0 fully saturated rings. The quantitative estimate of drug-likeness (QED) is 0.537. The number of aromatic nitrogens is 3. The lowest BCUT2D eigenvalue weighted by Gasteiger charge is -2.33. The Morgan fingerprint density at radius 3 is 2.63 bits per heavy atom. The van der Waals surface area contributed by atoms with E-state index in [-0.39, 0.29) is 17.9 Å². The van der Waals surface area contributed by atoms with E-state index in [9.17, 15) is 18.0 Å². The minimum Gasteiger partial charge on any atom is -0.363 e. The second-order valence-electron chi connectivity index (χ2n) is 7.02. The molecule has 0 radical (unpaired) electrons. The van der Waals surface area contributed by atoms with Crippen LogP contribution in [0.15, 0.2) is 53.0 Å². The third-order valence-electron chi connectivity index (χ3n) is 4.82. The van der Waals surface area contributed by atoms with Crippen molar-refractivity contribution in [2.45, 2.75) is 31.6 Å². The van der Waals surface area contributed by atoms with Crippen LogP contribution in [0.4, 0.5) is 24.8 Å². The lowest BCUT2D eigenvalue weighted by Crippen LogP contribution is -2.35. The highest BCUT2D eigenvalue weighted by Gasteiger charge is 2.46. The van der Waals surface area contributed by atoms with E-state index in [0.29, 0.717) is 11.5 Å². The summed E-state index contributed by atoms with van der Waals surface area (Å²) in [4.78, 5) is 16.7. The maximum absolute atomic E-state index is 13.8. The molecule has 0 bridgehead atoms. The first-order valence-electron chi connectivity index (χ1n) is 9.14. The van der Waals surface area contributed by atoms with Crippen molar-refractivity contribution in [1.29, 1.82) is 0 Å². The summed E-state index contributed by atoms with van der Waals surface area (Å²) in [7, 11) is 0. The highest BCUT2D eigenvalue weighted by Crippen LogP contribution is 2.43. The number of rotatable bonds is 3. The Balaban J connectivity index is 1.64. The molecular weight excluding hydrogens is 463 g/mol. The average molecular weight is 480 g/mol. The number of hydrogen-bond acceptors (Lipinski definition) is 4. The second kappa shape index (κ2) is 7.75. The first-order chi connectivity index (χ1) is 14.2. The van der Waals surface area contributed by atoms with Crippen molar-refractivity contribution in [3.8, 4) is 0 Å². The molecule has 30 heavy (non-hydrogen) atoms. The fourth-order valence-corrected chi connectivity index (χ4v) is 3.66. The van der Waals surface area contributed by atoms with E-state index in [4.69, 9.17) is 0 Å². The zero-order valence-electron chi connectivity index (χ0n) is 15.7. The molecule has 1 aliphatic rings. The molecule has 3 heterocycles. The van der Waals surface area contributed by atoms with Gasteiger partial charge < -0.3 is 10.6 Å². The van der Waals surface area contributed by atoms with Gasteiger partial charge in [0.15, 0.2) is 11.7 Å². The fraction of sp³-hybridized carbons (Fsp3) is 0.250. The van der Waals surface area contributed by atoms with Gasteiger partial charge in [-0.1, -0.05) is 34.1 Å². The maximum atomic E-state index is 13.8. The van der Waals surface area contributed by atoms with Gasteiger partial charge >= 0.3 is 6.18 Å². The Bertz CT molecular complexity index is 1080. The molecule has 2 N–H and O–H groups in total. The molecule has 4 rings (SSSR count). The highest BCUT2D eigenvalue weighted by atomic mass is 79.9. The molecule has 3 aromatic rings. The molecule has 1 aliphatic heterocycles. The summed E-state index contributed by atoms with van der Waals surface area (Å²) in [6, 6.07) is 11.1. The van der Waals surface area contributed by atoms with Crippen molar-refractivity contribution in [3.63, 3.8) is 0 Å². The first-order valence-corrected chi connectivity index (χ1v) is 9.93. The number of nitrogens with zero attached hydrogens (tertiary/aromatic N) is 3. The number of hydrogen-bond donors (Lipinski definition) is 2. The van der Waals surface area contributed by atoms with Crippen molar-refractivity contribution >= 4 is 33.5 Å². The van der Waals surface area contributed by atoms with E-state index in [2.05, 4.69) is 36.6 Å². The molecule has 0 saturated heterocycles. The molecule has 10 heteroatoms. The van der Waals surface area contributed by atoms with Gasteiger partial charge in [0.25, 0.3) is 5.91 Å². The minimum atomic E-state index is -4.51. The highest BCUT2D eigenvalue weighted by molar-refractivity contribution is 9.10. The third-order valence-corrected chi connectivity index (χ3v) is 5.35. The lowest BCUT2D eigenvalue weighted by molar-refractivity contribution is -0.173. The summed E-state index contributed by atoms with van der Waals surface area (Å²) in [6.07, 6.45) is -4.75. The molecule has 0 spiro atoms. The van der Waals surface area contributed by atoms with Crippen LogP contribution in [0, 0.1) is 6.92 Å². The Labute approximate surface area is 178 Å². The molecule has 156 valence electrons. The fourth-order valence-electron chi connectivity index (χ4n) is 3.39. The number of pyridine rings is 1. The Morgan fingerprint density at radius 1 is 1.23 bits per heavy atom. The van der Waals surface area contributed by atoms with Crippen LogP contribution in [-0.2, 0) is 0 Å². The summed E-state index contributed by atoms with van der Waals surface area (Å²) < 4.78 is 43.0. The van der Waals surface area contributed by atoms with Gasteiger partial charge in [-0.15, -0.1) is 0 Å². The number of carbonyl (C=O) groups excluding carboxylic acids is 1. The largest absolute Gasteiger partial charge is 0.410 e. The lowest BCUT2D eigenvalue weighted by atomic mass is 9.97. The van der Waals surface area contributed by atoms with E-state index >= 15 is 0 Å². The number of aryl methyl sites for hydroxylation is 1. The normalized spacial score (nSPS) is 18.4. The van der Waals surface area contributed by atoms with Gasteiger partial charge in [0, 0.05) is 22.7 Å². The summed E-state index contributed by atoms with van der Waals surface area (Å²) in [6.45, 7) is 1.77. The number of halogens is 4. The average Bonchev–Trinajstić information content (AvgIpc) is 3.11. The van der Waals surface area contributed by atoms with Gasteiger partial charge in [-0.25, -0.2) is 9.67 Å². The number of alkyl halides is 3. The Morgan fingerprint density at radius 2 is 1.97 bits per heavy atom. The molecule has 0 saturated carbocycles. The van der Waals surface area contributed by atoms with Crippen LogP contribution in [0.5, 0.6) is 0 Å². The molecule has 0 unspecified atom stereocenters. The third kappa shape index (κ3) is 4.18. The number of benzene rings is 1. The van der Waals surface area contributed by atoms with Gasteiger partial charge in [0.05, 0.1) is 6.04 Å². The SMILES string of the molecule is Cc1cccc(NC(=O)c2cc3n(n2)[C@H](C(F)(F)F)C[C@H](c2ccc(Br)cc2)N3)n1. The zero-order valence-corrected chi connectivity index (χ0v) is 17.3. The van der Waals surface area contributed by atoms with Gasteiger partial charge in [0.2, 0.25) is 0 Å². The predicted molar refractivity (Wildman–Crippen MR) is 109 cm³/mol. The van der Waals surface area contributed by atoms with Crippen LogP contribution in [0.25, 0.3) is 0 Å². The van der Waals surface area contributed by atoms with Crippen LogP contribution in [0.3, 0.4) is 0 Å². The van der Waals surface area contributed by atoms with Crippen molar-refractivity contribution < 1.29 is 18.0 Å². The van der Waals surface area contributed by atoms with Gasteiger partial charge in [0.1, 0.15) is 11.6 Å². The van der Waals surface area contributed by atoms with Crippen LogP contribution in [-0.4, -0.2) is 26.8 Å². The number of nitrogens with one attached hydrogen (secondary N) is 2. The van der Waals surface area contributed by atoms with Crippen molar-refractivity contribution in [2.75, 3.05) is 10.6 Å². The summed E-state index contributed by atoms with van der Waals surface area (Å²) in [5, 5.41) is 9.59. The van der Waals surface area contributed by atoms with Crippen LogP contribution >= 0.6 is 15.9 Å². The number of fused-ring (bicyclic) bond motifs is 1.